The Morgan fingerprint density at radius 2 is 1.93 bits per heavy atom. The molecule has 1 aliphatic heterocycles. The number of unbranched alkanes of at least 4 members (excludes halogenated alkanes) is 1. The molecule has 1 aromatic carbocycles. The van der Waals surface area contributed by atoms with E-state index in [1.165, 1.54) is 4.90 Å². The lowest BCUT2D eigenvalue weighted by atomic mass is 10.00. The van der Waals surface area contributed by atoms with Crippen LogP contribution >= 0.6 is 23.2 Å². The molecule has 12 heteroatoms. The summed E-state index contributed by atoms with van der Waals surface area (Å²) < 4.78 is 67.1. The molecule has 1 aromatic rings. The largest absolute Gasteiger partial charge is 0.502 e. The summed E-state index contributed by atoms with van der Waals surface area (Å²) in [5.74, 6) is 0. The van der Waals surface area contributed by atoms with Gasteiger partial charge in [-0.15, -0.1) is 0 Å². The summed E-state index contributed by atoms with van der Waals surface area (Å²) >= 11 is 11.7. The predicted octanol–water partition coefficient (Wildman–Crippen LogP) is 4.19. The van der Waals surface area contributed by atoms with Crippen molar-refractivity contribution in [3.63, 3.8) is 0 Å². The Bertz CT molecular complexity index is 815. The second-order valence-corrected chi connectivity index (χ2v) is 8.39. The van der Waals surface area contributed by atoms with Crippen LogP contribution in [0.4, 0.5) is 18.0 Å². The number of carbonyl (C=O) groups excluding carboxylic acids is 1. The van der Waals surface area contributed by atoms with Crippen molar-refractivity contribution in [3.05, 3.63) is 27.2 Å². The summed E-state index contributed by atoms with van der Waals surface area (Å²) in [6.45, 7) is 2.38. The van der Waals surface area contributed by atoms with Gasteiger partial charge in [0.25, 0.3) is 9.84 Å². The first-order valence-corrected chi connectivity index (χ1v) is 10.4. The van der Waals surface area contributed by atoms with E-state index in [1.807, 2.05) is 6.92 Å². The van der Waals surface area contributed by atoms with E-state index >= 15 is 0 Å². The van der Waals surface area contributed by atoms with Crippen molar-refractivity contribution in [2.45, 2.75) is 43.1 Å². The molecule has 0 saturated heterocycles. The Morgan fingerprint density at radius 3 is 2.46 bits per heavy atom. The van der Waals surface area contributed by atoms with Crippen LogP contribution in [0.15, 0.2) is 11.0 Å². The van der Waals surface area contributed by atoms with Gasteiger partial charge in [-0.2, -0.15) is 13.2 Å². The number of aliphatic hydroxyl groups excluding tert-OH is 1. The van der Waals surface area contributed by atoms with Crippen molar-refractivity contribution >= 4 is 39.1 Å². The lowest BCUT2D eigenvalue weighted by Crippen LogP contribution is -2.37. The van der Waals surface area contributed by atoms with E-state index in [0.29, 0.717) is 12.0 Å². The molecule has 0 unspecified atom stereocenters. The van der Waals surface area contributed by atoms with Crippen molar-refractivity contribution in [1.82, 2.24) is 4.90 Å². The van der Waals surface area contributed by atoms with Crippen molar-refractivity contribution in [1.29, 1.82) is 0 Å². The molecule has 2 rings (SSSR count). The highest BCUT2D eigenvalue weighted by atomic mass is 35.5. The minimum Gasteiger partial charge on any atom is -0.449 e. The average Bonchev–Trinajstić information content (AvgIpc) is 2.61. The fourth-order valence-corrected chi connectivity index (χ4v) is 4.65. The van der Waals surface area contributed by atoms with Gasteiger partial charge in [0.2, 0.25) is 0 Å². The van der Waals surface area contributed by atoms with E-state index in [4.69, 9.17) is 33.0 Å². The third-order valence-corrected chi connectivity index (χ3v) is 6.43. The van der Waals surface area contributed by atoms with Crippen LogP contribution in [0, 0.1) is 0 Å². The van der Waals surface area contributed by atoms with E-state index in [2.05, 4.69) is 0 Å². The molecular formula is C16H20Cl2F3NO5S. The van der Waals surface area contributed by atoms with Gasteiger partial charge in [-0.05, 0) is 30.0 Å². The highest BCUT2D eigenvalue weighted by Gasteiger charge is 2.49. The Labute approximate surface area is 171 Å². The number of hydrogen-bond acceptors (Lipinski definition) is 5. The highest BCUT2D eigenvalue weighted by molar-refractivity contribution is 7.92. The predicted molar refractivity (Wildman–Crippen MR) is 98.2 cm³/mol. The highest BCUT2D eigenvalue weighted by Crippen LogP contribution is 2.42. The normalized spacial score (nSPS) is 14.1. The van der Waals surface area contributed by atoms with E-state index in [9.17, 15) is 26.4 Å². The van der Waals surface area contributed by atoms with Crippen LogP contribution in [0.25, 0.3) is 0 Å². The number of sulfone groups is 1. The Kier molecular flexibility index (Phi) is 8.86. The van der Waals surface area contributed by atoms with Crippen LogP contribution in [0.2, 0.25) is 10.0 Å². The van der Waals surface area contributed by atoms with Gasteiger partial charge in [-0.1, -0.05) is 36.5 Å². The molecule has 1 amide bonds. The number of hydrogen-bond donors (Lipinski definition) is 1. The average molecular weight is 466 g/mol. The summed E-state index contributed by atoms with van der Waals surface area (Å²) in [5.41, 5.74) is -4.89. The molecule has 0 aliphatic carbocycles. The molecule has 28 heavy (non-hydrogen) atoms. The second kappa shape index (κ2) is 10.00. The van der Waals surface area contributed by atoms with E-state index in [1.54, 1.807) is 0 Å². The van der Waals surface area contributed by atoms with Gasteiger partial charge >= 0.3 is 11.6 Å². The SMILES string of the molecule is CCCCOC(=O)N1CCc2c(cc(Cl)c(S(=O)(=O)C(F)(F)F)c2Cl)C1.CO. The molecule has 0 bridgehead atoms. The number of aliphatic hydroxyl groups is 1. The molecule has 0 atom stereocenters. The number of amides is 1. The van der Waals surface area contributed by atoms with Gasteiger partial charge in [0.1, 0.15) is 4.90 Å². The summed E-state index contributed by atoms with van der Waals surface area (Å²) in [6.07, 6.45) is 1.11. The van der Waals surface area contributed by atoms with E-state index in [0.717, 1.165) is 19.6 Å². The number of carbonyl (C=O) groups is 1. The number of rotatable bonds is 4. The lowest BCUT2D eigenvalue weighted by Gasteiger charge is -2.29. The van der Waals surface area contributed by atoms with Gasteiger partial charge in [0.05, 0.1) is 16.7 Å². The van der Waals surface area contributed by atoms with Crippen LogP contribution in [0.3, 0.4) is 0 Å². The minimum atomic E-state index is -5.69. The summed E-state index contributed by atoms with van der Waals surface area (Å²) in [6, 6.07) is 1.10. The minimum absolute atomic E-state index is 0.0199. The summed E-state index contributed by atoms with van der Waals surface area (Å²) in [5, 5.41) is 5.82. The monoisotopic (exact) mass is 465 g/mol. The fraction of sp³-hybridized carbons (Fsp3) is 0.562. The first kappa shape index (κ1) is 24.8. The van der Waals surface area contributed by atoms with Crippen LogP contribution in [-0.2, 0) is 27.5 Å². The summed E-state index contributed by atoms with van der Waals surface area (Å²) in [4.78, 5) is 12.2. The number of halogens is 5. The molecule has 160 valence electrons. The molecule has 1 aliphatic rings. The molecule has 1 N–H and O–H groups in total. The molecule has 0 aromatic heterocycles. The van der Waals surface area contributed by atoms with Crippen LogP contribution in [0.1, 0.15) is 30.9 Å². The van der Waals surface area contributed by atoms with Crippen LogP contribution < -0.4 is 0 Å². The number of benzene rings is 1. The van der Waals surface area contributed by atoms with Crippen molar-refractivity contribution in [2.75, 3.05) is 20.3 Å². The zero-order chi connectivity index (χ0) is 21.7. The second-order valence-electron chi connectivity index (χ2n) is 5.73. The molecule has 1 heterocycles. The van der Waals surface area contributed by atoms with Gasteiger partial charge in [0, 0.05) is 20.2 Å². The molecule has 0 spiro atoms. The maximum atomic E-state index is 12.9. The Morgan fingerprint density at radius 1 is 1.32 bits per heavy atom. The molecule has 0 radical (unpaired) electrons. The smallest absolute Gasteiger partial charge is 0.449 e. The van der Waals surface area contributed by atoms with Crippen molar-refractivity contribution in [3.8, 4) is 0 Å². The Hall–Kier alpha value is -1.23. The number of fused-ring (bicyclic) bond motifs is 1. The standard InChI is InChI=1S/C15H16Cl2F3NO4S.CH4O/c1-2-3-6-25-14(22)21-5-4-10-9(8-21)7-11(16)13(12(10)17)26(23,24)15(18,19)20;1-2/h7H,2-6,8H2,1H3;2H,1H3. The Balaban J connectivity index is 0.00000190. The van der Waals surface area contributed by atoms with Gasteiger partial charge in [-0.3, -0.25) is 0 Å². The van der Waals surface area contributed by atoms with Gasteiger partial charge < -0.3 is 14.7 Å². The third-order valence-electron chi connectivity index (χ3n) is 3.92. The lowest BCUT2D eigenvalue weighted by molar-refractivity contribution is -0.0436. The zero-order valence-corrected chi connectivity index (χ0v) is 17.5. The maximum Gasteiger partial charge on any atom is 0.502 e. The first-order chi connectivity index (χ1) is 13.0. The van der Waals surface area contributed by atoms with Gasteiger partial charge in [-0.25, -0.2) is 13.2 Å². The maximum absolute atomic E-state index is 12.9. The van der Waals surface area contributed by atoms with Crippen LogP contribution in [-0.4, -0.2) is 50.3 Å². The molecule has 6 nitrogen and oxygen atoms in total. The summed E-state index contributed by atoms with van der Waals surface area (Å²) in [7, 11) is -4.69. The quantitative estimate of drug-likeness (QED) is 0.673. The van der Waals surface area contributed by atoms with E-state index < -0.39 is 36.4 Å². The topological polar surface area (TPSA) is 83.9 Å². The zero-order valence-electron chi connectivity index (χ0n) is 15.1. The van der Waals surface area contributed by atoms with E-state index in [-0.39, 0.29) is 31.7 Å². The van der Waals surface area contributed by atoms with Gasteiger partial charge in [0.15, 0.2) is 0 Å². The van der Waals surface area contributed by atoms with Crippen LogP contribution in [0.5, 0.6) is 0 Å². The number of ether oxygens (including phenoxy) is 1. The number of nitrogens with zero attached hydrogens (tertiary/aromatic N) is 1. The third kappa shape index (κ3) is 5.22. The first-order valence-electron chi connectivity index (χ1n) is 8.18. The van der Waals surface area contributed by atoms with Crippen molar-refractivity contribution in [2.24, 2.45) is 0 Å². The molecule has 0 fully saturated rings. The molecule has 0 saturated carbocycles. The van der Waals surface area contributed by atoms with Crippen molar-refractivity contribution < 1.29 is 36.2 Å². The molecular weight excluding hydrogens is 446 g/mol. The fourth-order valence-electron chi connectivity index (χ4n) is 2.54. The number of alkyl halides is 3.